The van der Waals surface area contributed by atoms with E-state index in [1.54, 1.807) is 12.4 Å². The molecule has 0 spiro atoms. The molecule has 0 bridgehead atoms. The van der Waals surface area contributed by atoms with Crippen LogP contribution in [0.3, 0.4) is 0 Å². The van der Waals surface area contributed by atoms with Gasteiger partial charge in [-0.15, -0.1) is 0 Å². The molecule has 1 aromatic rings. The fraction of sp³-hybridized carbons (Fsp3) is 0.333. The minimum Gasteiger partial charge on any atom is -0.280 e. The summed E-state index contributed by atoms with van der Waals surface area (Å²) in [5, 5.41) is -0.254. The summed E-state index contributed by atoms with van der Waals surface area (Å²) >= 11 is 5.50. The van der Waals surface area contributed by atoms with Crippen molar-refractivity contribution < 1.29 is 4.79 Å². The Labute approximate surface area is 75.6 Å². The van der Waals surface area contributed by atoms with Gasteiger partial charge in [-0.25, -0.2) is 0 Å². The van der Waals surface area contributed by atoms with Crippen molar-refractivity contribution in [2.75, 3.05) is 0 Å². The lowest BCUT2D eigenvalue weighted by Crippen LogP contribution is -2.14. The third kappa shape index (κ3) is 1.03. The molecule has 1 saturated carbocycles. The predicted molar refractivity (Wildman–Crippen MR) is 46.0 cm³/mol. The summed E-state index contributed by atoms with van der Waals surface area (Å²) in [6.07, 6.45) is 5.13. The van der Waals surface area contributed by atoms with Gasteiger partial charge in [0.2, 0.25) is 5.24 Å². The Morgan fingerprint density at radius 2 is 2.33 bits per heavy atom. The fourth-order valence-corrected chi connectivity index (χ4v) is 1.67. The van der Waals surface area contributed by atoms with Crippen LogP contribution in [0.1, 0.15) is 18.4 Å². The van der Waals surface area contributed by atoms with Crippen molar-refractivity contribution in [3.05, 3.63) is 30.1 Å². The molecule has 12 heavy (non-hydrogen) atoms. The first kappa shape index (κ1) is 7.74. The molecule has 0 saturated heterocycles. The van der Waals surface area contributed by atoms with Crippen molar-refractivity contribution >= 4 is 16.8 Å². The average Bonchev–Trinajstić information content (AvgIpc) is 2.86. The first-order valence-corrected chi connectivity index (χ1v) is 4.24. The topological polar surface area (TPSA) is 30.0 Å². The highest BCUT2D eigenvalue weighted by atomic mass is 35.5. The predicted octanol–water partition coefficient (Wildman–Crippen LogP) is 1.88. The van der Waals surface area contributed by atoms with Crippen LogP contribution >= 0.6 is 11.6 Å². The third-order valence-corrected chi connectivity index (χ3v) is 2.70. The Kier molecular flexibility index (Phi) is 1.65. The first-order valence-electron chi connectivity index (χ1n) is 3.86. The Bertz CT molecular complexity index is 306. The van der Waals surface area contributed by atoms with E-state index in [-0.39, 0.29) is 5.24 Å². The van der Waals surface area contributed by atoms with E-state index in [0.717, 1.165) is 18.4 Å². The van der Waals surface area contributed by atoms with Crippen LogP contribution in [-0.2, 0) is 10.2 Å². The van der Waals surface area contributed by atoms with E-state index in [2.05, 4.69) is 4.98 Å². The molecule has 1 aliphatic carbocycles. The second-order valence-electron chi connectivity index (χ2n) is 3.10. The molecule has 1 aromatic heterocycles. The van der Waals surface area contributed by atoms with Gasteiger partial charge >= 0.3 is 0 Å². The van der Waals surface area contributed by atoms with Gasteiger partial charge in [0.15, 0.2) is 0 Å². The van der Waals surface area contributed by atoms with Crippen LogP contribution in [0.25, 0.3) is 0 Å². The van der Waals surface area contributed by atoms with Gasteiger partial charge < -0.3 is 0 Å². The largest absolute Gasteiger partial charge is 0.280 e. The van der Waals surface area contributed by atoms with E-state index in [1.807, 2.05) is 12.1 Å². The maximum absolute atomic E-state index is 11.1. The lowest BCUT2D eigenvalue weighted by molar-refractivity contribution is -0.113. The molecule has 62 valence electrons. The molecule has 0 radical (unpaired) electrons. The Balaban J connectivity index is 2.37. The maximum Gasteiger partial charge on any atom is 0.232 e. The van der Waals surface area contributed by atoms with Gasteiger partial charge in [0.25, 0.3) is 0 Å². The Hall–Kier alpha value is -0.890. The molecule has 0 unspecified atom stereocenters. The number of carbonyl (C=O) groups excluding carboxylic acids is 1. The summed E-state index contributed by atoms with van der Waals surface area (Å²) in [6, 6.07) is 3.73. The quantitative estimate of drug-likeness (QED) is 0.653. The molecule has 2 nitrogen and oxygen atoms in total. The highest BCUT2D eigenvalue weighted by Gasteiger charge is 2.50. The molecule has 3 heteroatoms. The summed E-state index contributed by atoms with van der Waals surface area (Å²) < 4.78 is 0. The smallest absolute Gasteiger partial charge is 0.232 e. The molecule has 0 aromatic carbocycles. The first-order chi connectivity index (χ1) is 5.76. The van der Waals surface area contributed by atoms with E-state index >= 15 is 0 Å². The summed E-state index contributed by atoms with van der Waals surface area (Å²) in [7, 11) is 0. The van der Waals surface area contributed by atoms with Crippen molar-refractivity contribution in [1.29, 1.82) is 0 Å². The van der Waals surface area contributed by atoms with Gasteiger partial charge in [0, 0.05) is 12.4 Å². The number of nitrogens with zero attached hydrogens (tertiary/aromatic N) is 1. The second kappa shape index (κ2) is 2.56. The standard InChI is InChI=1S/C9H8ClNO/c10-8(12)9(3-4-9)7-2-1-5-11-6-7/h1-2,5-6H,3-4H2. The number of halogens is 1. The van der Waals surface area contributed by atoms with Crippen molar-refractivity contribution in [3.63, 3.8) is 0 Å². The third-order valence-electron chi connectivity index (χ3n) is 2.34. The Morgan fingerprint density at radius 3 is 2.75 bits per heavy atom. The Morgan fingerprint density at radius 1 is 1.58 bits per heavy atom. The molecule has 0 amide bonds. The zero-order chi connectivity index (χ0) is 8.60. The fourth-order valence-electron chi connectivity index (χ4n) is 1.37. The van der Waals surface area contributed by atoms with Crippen LogP contribution in [0.15, 0.2) is 24.5 Å². The van der Waals surface area contributed by atoms with Crippen molar-refractivity contribution in [2.45, 2.75) is 18.3 Å². The van der Waals surface area contributed by atoms with Crippen LogP contribution in [0, 0.1) is 0 Å². The monoisotopic (exact) mass is 181 g/mol. The lowest BCUT2D eigenvalue weighted by atomic mass is 10.00. The van der Waals surface area contributed by atoms with Crippen LogP contribution in [-0.4, -0.2) is 10.2 Å². The zero-order valence-corrected chi connectivity index (χ0v) is 7.21. The average molecular weight is 182 g/mol. The van der Waals surface area contributed by atoms with E-state index in [9.17, 15) is 4.79 Å². The van der Waals surface area contributed by atoms with E-state index in [1.165, 1.54) is 0 Å². The molecule has 0 aliphatic heterocycles. The second-order valence-corrected chi connectivity index (χ2v) is 3.44. The van der Waals surface area contributed by atoms with E-state index < -0.39 is 5.41 Å². The van der Waals surface area contributed by atoms with Gasteiger partial charge in [-0.05, 0) is 36.1 Å². The highest BCUT2D eigenvalue weighted by molar-refractivity contribution is 6.66. The number of hydrogen-bond acceptors (Lipinski definition) is 2. The lowest BCUT2D eigenvalue weighted by Gasteiger charge is -2.07. The highest BCUT2D eigenvalue weighted by Crippen LogP contribution is 2.49. The number of pyridine rings is 1. The summed E-state index contributed by atoms with van der Waals surface area (Å²) in [4.78, 5) is 15.0. The van der Waals surface area contributed by atoms with Gasteiger partial charge in [0.1, 0.15) is 0 Å². The van der Waals surface area contributed by atoms with Gasteiger partial charge in [-0.1, -0.05) is 6.07 Å². The van der Waals surface area contributed by atoms with Crippen LogP contribution in [0.4, 0.5) is 0 Å². The van der Waals surface area contributed by atoms with Crippen LogP contribution in [0.5, 0.6) is 0 Å². The van der Waals surface area contributed by atoms with Crippen molar-refractivity contribution in [2.24, 2.45) is 0 Å². The molecule has 0 atom stereocenters. The van der Waals surface area contributed by atoms with Gasteiger partial charge in [0.05, 0.1) is 5.41 Å². The van der Waals surface area contributed by atoms with Crippen LogP contribution in [0.2, 0.25) is 0 Å². The van der Waals surface area contributed by atoms with Gasteiger partial charge in [-0.3, -0.25) is 9.78 Å². The SMILES string of the molecule is O=C(Cl)C1(c2cccnc2)CC1. The van der Waals surface area contributed by atoms with E-state index in [4.69, 9.17) is 11.6 Å². The molecule has 0 N–H and O–H groups in total. The molecule has 1 aliphatic rings. The minimum absolute atomic E-state index is 0.254. The zero-order valence-electron chi connectivity index (χ0n) is 6.46. The van der Waals surface area contributed by atoms with Crippen molar-refractivity contribution in [3.8, 4) is 0 Å². The number of rotatable bonds is 2. The number of carbonyl (C=O) groups is 1. The molecular weight excluding hydrogens is 174 g/mol. The van der Waals surface area contributed by atoms with Crippen LogP contribution < -0.4 is 0 Å². The van der Waals surface area contributed by atoms with Gasteiger partial charge in [-0.2, -0.15) is 0 Å². The normalized spacial score (nSPS) is 18.8. The number of hydrogen-bond donors (Lipinski definition) is 0. The molecule has 1 heterocycles. The summed E-state index contributed by atoms with van der Waals surface area (Å²) in [5.74, 6) is 0. The summed E-state index contributed by atoms with van der Waals surface area (Å²) in [5.41, 5.74) is 0.556. The molecular formula is C9H8ClNO. The number of aromatic nitrogens is 1. The van der Waals surface area contributed by atoms with Crippen molar-refractivity contribution in [1.82, 2.24) is 4.98 Å². The minimum atomic E-state index is -0.393. The van der Waals surface area contributed by atoms with E-state index in [0.29, 0.717) is 0 Å². The maximum atomic E-state index is 11.1. The summed E-state index contributed by atoms with van der Waals surface area (Å²) in [6.45, 7) is 0. The molecule has 2 rings (SSSR count). The molecule has 1 fully saturated rings.